The van der Waals surface area contributed by atoms with Gasteiger partial charge in [-0.25, -0.2) is 9.13 Å². The molecule has 584 valence electrons. The maximum absolute atomic E-state index is 13.1. The SMILES string of the molecule is CC/C=C\C/C=C\C/C=C\C/C=C\C/C=C\C/C=C\CCC(=O)OCC(COP(=O)(O)OCC(O)COP(=O)(O)OCC(COC(=O)C/C=C\C/C=C\C/C=C\C/C=C\C/C=C\CC)OC(=O)CCCCCCC/C=C\C/C=C\CCC)OC(=O)CCCCCC/C=C\C/C=C\C/C=C\C/C=C\CC. The molecule has 0 saturated heterocycles. The maximum atomic E-state index is 13.1. The number of carbonyl (C=O) groups excluding carboxylic acids is 4. The minimum Gasteiger partial charge on any atom is -0.462 e. The van der Waals surface area contributed by atoms with Gasteiger partial charge in [0.15, 0.2) is 12.2 Å². The summed E-state index contributed by atoms with van der Waals surface area (Å²) in [7, 11) is -10.0. The van der Waals surface area contributed by atoms with E-state index < -0.39 is 97.5 Å². The second-order valence-corrected chi connectivity index (χ2v) is 27.4. The molecule has 104 heavy (non-hydrogen) atoms. The summed E-state index contributed by atoms with van der Waals surface area (Å²) in [6, 6.07) is 0. The van der Waals surface area contributed by atoms with Crippen LogP contribution in [0.4, 0.5) is 0 Å². The van der Waals surface area contributed by atoms with Crippen LogP contribution in [0, 0.1) is 0 Å². The summed E-state index contributed by atoms with van der Waals surface area (Å²) in [6.07, 6.45) is 92.9. The van der Waals surface area contributed by atoms with E-state index in [9.17, 15) is 43.2 Å². The lowest BCUT2D eigenvalue weighted by Gasteiger charge is -2.21. The van der Waals surface area contributed by atoms with Gasteiger partial charge in [-0.3, -0.25) is 37.3 Å². The minimum absolute atomic E-state index is 0.0194. The fourth-order valence-corrected chi connectivity index (χ4v) is 10.6. The highest BCUT2D eigenvalue weighted by atomic mass is 31.2. The molecule has 0 aromatic carbocycles. The predicted octanol–water partition coefficient (Wildman–Crippen LogP) is 22.3. The molecular formula is C85H132O17P2. The summed E-state index contributed by atoms with van der Waals surface area (Å²) in [5, 5.41) is 10.6. The number of unbranched alkanes of at least 4 members (excludes halogenated alkanes) is 10. The zero-order valence-electron chi connectivity index (χ0n) is 63.6. The normalized spacial score (nSPS) is 15.0. The number of aliphatic hydroxyl groups excluding tert-OH is 1. The third-order valence-corrected chi connectivity index (χ3v) is 16.7. The number of hydrogen-bond donors (Lipinski definition) is 3. The van der Waals surface area contributed by atoms with Crippen molar-refractivity contribution in [1.29, 1.82) is 0 Å². The van der Waals surface area contributed by atoms with Gasteiger partial charge in [0.25, 0.3) is 0 Å². The standard InChI is InChI=1S/C85H132O17P2/c1-5-9-13-17-21-25-29-33-36-38-39-41-43-47-50-54-58-62-66-70-83(88)96-76-81(102-85(90)72-68-64-60-56-52-48-44-40-37-34-30-26-22-18-14-10-6-2)78-100-104(93,94)98-74-79(86)73-97-103(91,92)99-77-80(101-84(89)71-67-63-59-55-51-45-32-28-24-20-16-12-8-4)75-95-82(87)69-65-61-57-53-49-46-42-35-31-27-23-19-15-11-7-3/h9-11,13-16,20-23,25-28,32-37,39,41-42,44,47-50,53,58,61-62,65,79-81,86H,5-8,12,17-19,24,29-31,38,40,43,45-46,51-52,54-57,59-60,63-64,66-78H2,1-4H3,(H,91,92)(H,93,94)/b13-9-,14-10-,15-11-,20-16-,25-21-,26-22-,27-23-,32-28-,36-33-,37-34-,41-39-,42-35-,48-44-,50-47-,53-49-,62-58-,65-61-. The average molecular weight is 1490 g/mol. The van der Waals surface area contributed by atoms with E-state index in [1.54, 1.807) is 6.08 Å². The smallest absolute Gasteiger partial charge is 0.462 e. The molecule has 0 amide bonds. The van der Waals surface area contributed by atoms with Gasteiger partial charge >= 0.3 is 39.5 Å². The van der Waals surface area contributed by atoms with Crippen molar-refractivity contribution in [3.05, 3.63) is 207 Å². The van der Waals surface area contributed by atoms with Gasteiger partial charge in [-0.05, 0) is 154 Å². The number of hydrogen-bond acceptors (Lipinski definition) is 15. The molecule has 0 aliphatic carbocycles. The summed E-state index contributed by atoms with van der Waals surface area (Å²) in [6.45, 7) is 4.17. The lowest BCUT2D eigenvalue weighted by Crippen LogP contribution is -2.30. The monoisotopic (exact) mass is 1490 g/mol. The Morgan fingerprint density at radius 1 is 0.288 bits per heavy atom. The minimum atomic E-state index is -5.02. The maximum Gasteiger partial charge on any atom is 0.472 e. The fourth-order valence-electron chi connectivity index (χ4n) is 9.05. The Bertz CT molecular complexity index is 2790. The van der Waals surface area contributed by atoms with Gasteiger partial charge in [0.05, 0.1) is 32.8 Å². The molecule has 0 aliphatic heterocycles. The number of esters is 4. The van der Waals surface area contributed by atoms with Gasteiger partial charge in [-0.1, -0.05) is 273 Å². The van der Waals surface area contributed by atoms with Crippen molar-refractivity contribution in [2.75, 3.05) is 39.6 Å². The molecule has 0 fully saturated rings. The van der Waals surface area contributed by atoms with E-state index in [1.807, 2.05) is 36.5 Å². The van der Waals surface area contributed by atoms with Crippen LogP contribution in [0.15, 0.2) is 207 Å². The molecule has 5 unspecified atom stereocenters. The number of aliphatic hydroxyl groups is 1. The van der Waals surface area contributed by atoms with Crippen LogP contribution in [0.25, 0.3) is 0 Å². The zero-order chi connectivity index (χ0) is 76.0. The molecule has 0 radical (unpaired) electrons. The van der Waals surface area contributed by atoms with Gasteiger partial charge in [-0.2, -0.15) is 0 Å². The molecule has 0 rings (SSSR count). The van der Waals surface area contributed by atoms with Crippen molar-refractivity contribution in [2.45, 2.75) is 264 Å². The summed E-state index contributed by atoms with van der Waals surface area (Å²) in [4.78, 5) is 72.8. The molecule has 0 aromatic heterocycles. The number of rotatable bonds is 69. The van der Waals surface area contributed by atoms with Crippen molar-refractivity contribution in [3.8, 4) is 0 Å². The topological polar surface area (TPSA) is 237 Å². The van der Waals surface area contributed by atoms with Gasteiger partial charge in [-0.15, -0.1) is 0 Å². The van der Waals surface area contributed by atoms with E-state index in [0.717, 1.165) is 161 Å². The van der Waals surface area contributed by atoms with Crippen molar-refractivity contribution in [1.82, 2.24) is 0 Å². The van der Waals surface area contributed by atoms with Crippen LogP contribution >= 0.6 is 15.6 Å². The Morgan fingerprint density at radius 3 is 0.894 bits per heavy atom. The molecule has 17 nitrogen and oxygen atoms in total. The third-order valence-electron chi connectivity index (χ3n) is 14.8. The van der Waals surface area contributed by atoms with E-state index in [4.69, 9.17) is 37.0 Å². The van der Waals surface area contributed by atoms with E-state index in [0.29, 0.717) is 32.1 Å². The van der Waals surface area contributed by atoms with Gasteiger partial charge in [0.2, 0.25) is 0 Å². The van der Waals surface area contributed by atoms with Crippen LogP contribution in [-0.4, -0.2) is 96.7 Å². The first-order chi connectivity index (χ1) is 50.7. The molecule has 0 aromatic rings. The number of phosphoric acid groups is 2. The highest BCUT2D eigenvalue weighted by Crippen LogP contribution is 2.45. The first-order valence-electron chi connectivity index (χ1n) is 38.3. The Balaban J connectivity index is 5.55. The third kappa shape index (κ3) is 73.9. The summed E-state index contributed by atoms with van der Waals surface area (Å²) in [5.41, 5.74) is 0. The summed E-state index contributed by atoms with van der Waals surface area (Å²) >= 11 is 0. The Hall–Kier alpha value is -6.36. The van der Waals surface area contributed by atoms with Gasteiger partial charge in [0.1, 0.15) is 19.3 Å². The van der Waals surface area contributed by atoms with Crippen molar-refractivity contribution < 1.29 is 80.2 Å². The van der Waals surface area contributed by atoms with Crippen LogP contribution in [-0.2, 0) is 65.4 Å². The number of ether oxygens (including phenoxy) is 4. The van der Waals surface area contributed by atoms with Gasteiger partial charge < -0.3 is 33.8 Å². The quantitative estimate of drug-likeness (QED) is 0.0169. The Morgan fingerprint density at radius 2 is 0.558 bits per heavy atom. The predicted molar refractivity (Wildman–Crippen MR) is 426 cm³/mol. The van der Waals surface area contributed by atoms with Gasteiger partial charge in [0, 0.05) is 19.3 Å². The first kappa shape index (κ1) is 97.6. The molecular weight excluding hydrogens is 1350 g/mol. The second-order valence-electron chi connectivity index (χ2n) is 24.5. The second kappa shape index (κ2) is 74.9. The zero-order valence-corrected chi connectivity index (χ0v) is 65.4. The summed E-state index contributed by atoms with van der Waals surface area (Å²) < 4.78 is 68.2. The molecule has 0 bridgehead atoms. The average Bonchev–Trinajstić information content (AvgIpc) is 0.911. The number of carbonyl (C=O) groups is 4. The molecule has 0 saturated carbocycles. The van der Waals surface area contributed by atoms with Crippen molar-refractivity contribution in [2.24, 2.45) is 0 Å². The molecule has 19 heteroatoms. The molecule has 0 spiro atoms. The van der Waals surface area contributed by atoms with Crippen LogP contribution in [0.5, 0.6) is 0 Å². The number of phosphoric ester groups is 2. The largest absolute Gasteiger partial charge is 0.472 e. The van der Waals surface area contributed by atoms with E-state index in [-0.39, 0.29) is 25.7 Å². The molecule has 3 N–H and O–H groups in total. The van der Waals surface area contributed by atoms with E-state index in [1.165, 1.54) is 0 Å². The summed E-state index contributed by atoms with van der Waals surface area (Å²) in [5.74, 6) is -2.49. The van der Waals surface area contributed by atoms with Crippen LogP contribution in [0.3, 0.4) is 0 Å². The molecule has 0 heterocycles. The van der Waals surface area contributed by atoms with Crippen molar-refractivity contribution in [3.63, 3.8) is 0 Å². The highest BCUT2D eigenvalue weighted by Gasteiger charge is 2.30. The Kier molecular flexibility index (Phi) is 70.3. The number of allylic oxidation sites excluding steroid dienone is 33. The molecule has 5 atom stereocenters. The lowest BCUT2D eigenvalue weighted by molar-refractivity contribution is -0.161. The van der Waals surface area contributed by atoms with Crippen LogP contribution < -0.4 is 0 Å². The van der Waals surface area contributed by atoms with Crippen molar-refractivity contribution >= 4 is 39.5 Å². The lowest BCUT2D eigenvalue weighted by atomic mass is 10.1. The fraction of sp³-hybridized carbons (Fsp3) is 0.553. The highest BCUT2D eigenvalue weighted by molar-refractivity contribution is 7.47. The van der Waals surface area contributed by atoms with Crippen LogP contribution in [0.2, 0.25) is 0 Å². The van der Waals surface area contributed by atoms with E-state index in [2.05, 4.69) is 192 Å². The first-order valence-corrected chi connectivity index (χ1v) is 41.3. The van der Waals surface area contributed by atoms with Crippen LogP contribution in [0.1, 0.15) is 246 Å². The van der Waals surface area contributed by atoms with E-state index >= 15 is 0 Å². The Labute approximate surface area is 627 Å². The molecule has 0 aliphatic rings.